The molecule has 204 valence electrons. The van der Waals surface area contributed by atoms with Gasteiger partial charge in [-0.3, -0.25) is 28.9 Å². The Labute approximate surface area is 234 Å². The van der Waals surface area contributed by atoms with Crippen molar-refractivity contribution < 1.29 is 28.8 Å². The summed E-state index contributed by atoms with van der Waals surface area (Å²) in [5.41, 5.74) is 1.23. The molecule has 4 amide bonds. The van der Waals surface area contributed by atoms with Gasteiger partial charge in [-0.15, -0.1) is 0 Å². The molecule has 2 N–H and O–H groups in total. The van der Waals surface area contributed by atoms with Gasteiger partial charge in [0, 0.05) is 19.4 Å². The Balaban J connectivity index is 1.88. The lowest BCUT2D eigenvalue weighted by atomic mass is 10.1. The number of Topliss-reactive ketones (excluding diaryl/α,β-unsaturated/α-hetero) is 1. The highest BCUT2D eigenvalue weighted by Gasteiger charge is 2.36. The zero-order chi connectivity index (χ0) is 28.7. The predicted octanol–water partition coefficient (Wildman–Crippen LogP) is 2.55. The van der Waals surface area contributed by atoms with Gasteiger partial charge in [-0.05, 0) is 42.8 Å². The molecule has 12 heteroatoms. The van der Waals surface area contributed by atoms with Crippen LogP contribution in [0, 0.1) is 0 Å². The summed E-state index contributed by atoms with van der Waals surface area (Å²) in [6.45, 7) is 1.91. The Morgan fingerprint density at radius 1 is 1.05 bits per heavy atom. The summed E-state index contributed by atoms with van der Waals surface area (Å²) in [7, 11) is 0. The fourth-order valence-electron chi connectivity index (χ4n) is 4.00. The molecule has 39 heavy (non-hydrogen) atoms. The lowest BCUT2D eigenvalue weighted by Crippen LogP contribution is -2.54. The number of nitrogens with zero attached hydrogens (tertiary/aromatic N) is 2. The minimum atomic E-state index is -1.21. The number of ketones is 1. The Hall–Kier alpha value is -4.02. The van der Waals surface area contributed by atoms with E-state index < -0.39 is 36.3 Å². The van der Waals surface area contributed by atoms with Crippen LogP contribution in [0.1, 0.15) is 25.8 Å². The maximum atomic E-state index is 13.7. The second-order valence-electron chi connectivity index (χ2n) is 8.83. The van der Waals surface area contributed by atoms with E-state index in [0.29, 0.717) is 27.6 Å². The standard InChI is InChI=1S/C27H26Cl2N4O6/c1-16(35)11-19(15-34)30-26(38)14-33-24-6-4-3-5-23(24)32(17(2)36)13-22(27(33)39)31-25(37)10-8-18-7-9-20(28)21(29)12-18/h3-10,12,15,19,22H,11,13-14H2,1-2H3,(H,30,38)(H,31,37)/b10-8+/t19-,22-/m0/s1. The first-order valence-corrected chi connectivity index (χ1v) is 12.6. The third-order valence-electron chi connectivity index (χ3n) is 5.78. The van der Waals surface area contributed by atoms with Crippen molar-refractivity contribution in [3.63, 3.8) is 0 Å². The van der Waals surface area contributed by atoms with Crippen LogP contribution in [-0.4, -0.2) is 60.9 Å². The van der Waals surface area contributed by atoms with E-state index in [0.717, 1.165) is 4.90 Å². The van der Waals surface area contributed by atoms with E-state index in [4.69, 9.17) is 23.2 Å². The van der Waals surface area contributed by atoms with Crippen molar-refractivity contribution in [3.05, 3.63) is 64.1 Å². The molecule has 1 aliphatic heterocycles. The Bertz CT molecular complexity index is 1350. The number of carbonyl (C=O) groups excluding carboxylic acids is 6. The number of carbonyl (C=O) groups is 6. The zero-order valence-corrected chi connectivity index (χ0v) is 22.7. The summed E-state index contributed by atoms with van der Waals surface area (Å²) >= 11 is 11.9. The molecule has 0 fully saturated rings. The van der Waals surface area contributed by atoms with Gasteiger partial charge in [0.2, 0.25) is 17.7 Å². The first kappa shape index (κ1) is 29.5. The Morgan fingerprint density at radius 3 is 2.36 bits per heavy atom. The van der Waals surface area contributed by atoms with Crippen LogP contribution in [0.15, 0.2) is 48.5 Å². The summed E-state index contributed by atoms with van der Waals surface area (Å²) < 4.78 is 0. The predicted molar refractivity (Wildman–Crippen MR) is 148 cm³/mol. The van der Waals surface area contributed by atoms with Crippen LogP contribution < -0.4 is 20.4 Å². The molecule has 1 heterocycles. The molecule has 10 nitrogen and oxygen atoms in total. The van der Waals surface area contributed by atoms with Crippen LogP contribution in [-0.2, 0) is 28.8 Å². The third-order valence-corrected chi connectivity index (χ3v) is 6.52. The van der Waals surface area contributed by atoms with Gasteiger partial charge in [-0.2, -0.15) is 0 Å². The van der Waals surface area contributed by atoms with E-state index in [1.165, 1.54) is 30.9 Å². The van der Waals surface area contributed by atoms with Gasteiger partial charge in [0.05, 0.1) is 34.0 Å². The maximum Gasteiger partial charge on any atom is 0.251 e. The molecule has 0 saturated heterocycles. The van der Waals surface area contributed by atoms with E-state index in [2.05, 4.69) is 10.6 Å². The SMILES string of the molecule is CC(=O)C[C@@H](C=O)NC(=O)CN1C(=O)[C@@H](NC(=O)/C=C/c2ccc(Cl)c(Cl)c2)CN(C(C)=O)c2ccccc21. The Kier molecular flexibility index (Phi) is 9.97. The number of para-hydroxylation sites is 2. The average molecular weight is 573 g/mol. The molecule has 2 aromatic rings. The molecule has 0 saturated carbocycles. The second-order valence-corrected chi connectivity index (χ2v) is 9.64. The molecular weight excluding hydrogens is 547 g/mol. The van der Waals surface area contributed by atoms with E-state index in [1.807, 2.05) is 0 Å². The number of nitrogens with one attached hydrogen (secondary N) is 2. The molecule has 2 aromatic carbocycles. The quantitative estimate of drug-likeness (QED) is 0.350. The molecule has 0 bridgehead atoms. The topological polar surface area (TPSA) is 133 Å². The van der Waals surface area contributed by atoms with Gasteiger partial charge in [-0.1, -0.05) is 41.4 Å². The third kappa shape index (κ3) is 7.75. The summed E-state index contributed by atoms with van der Waals surface area (Å²) in [4.78, 5) is 77.0. The van der Waals surface area contributed by atoms with Gasteiger partial charge < -0.3 is 20.3 Å². The highest BCUT2D eigenvalue weighted by molar-refractivity contribution is 6.42. The van der Waals surface area contributed by atoms with E-state index in [9.17, 15) is 28.8 Å². The minimum Gasteiger partial charge on any atom is -0.345 e. The number of benzene rings is 2. The van der Waals surface area contributed by atoms with E-state index in [-0.39, 0.29) is 30.3 Å². The number of hydrogen-bond acceptors (Lipinski definition) is 6. The van der Waals surface area contributed by atoms with Crippen LogP contribution >= 0.6 is 23.2 Å². The molecule has 0 aromatic heterocycles. The molecule has 0 spiro atoms. The lowest BCUT2D eigenvalue weighted by Gasteiger charge is -2.25. The van der Waals surface area contributed by atoms with E-state index >= 15 is 0 Å². The number of fused-ring (bicyclic) bond motifs is 1. The molecule has 0 aliphatic carbocycles. The number of aldehydes is 1. The van der Waals surface area contributed by atoms with E-state index in [1.54, 1.807) is 42.5 Å². The fraction of sp³-hybridized carbons (Fsp3) is 0.259. The van der Waals surface area contributed by atoms with Gasteiger partial charge in [0.25, 0.3) is 5.91 Å². The van der Waals surface area contributed by atoms with Crippen molar-refractivity contribution in [2.45, 2.75) is 32.4 Å². The van der Waals surface area contributed by atoms with Gasteiger partial charge in [-0.25, -0.2) is 0 Å². The number of hydrogen-bond donors (Lipinski definition) is 2. The monoisotopic (exact) mass is 572 g/mol. The minimum absolute atomic E-state index is 0.184. The van der Waals surface area contributed by atoms with Crippen molar-refractivity contribution in [3.8, 4) is 0 Å². The number of rotatable bonds is 9. The molecular formula is C27H26Cl2N4O6. The Morgan fingerprint density at radius 2 is 1.74 bits per heavy atom. The number of amides is 4. The van der Waals surface area contributed by atoms with Gasteiger partial charge >= 0.3 is 0 Å². The summed E-state index contributed by atoms with van der Waals surface area (Å²) in [5, 5.41) is 5.70. The zero-order valence-electron chi connectivity index (χ0n) is 21.1. The van der Waals surface area contributed by atoms with Gasteiger partial charge in [0.15, 0.2) is 0 Å². The fourth-order valence-corrected chi connectivity index (χ4v) is 4.31. The van der Waals surface area contributed by atoms with Gasteiger partial charge in [0.1, 0.15) is 24.7 Å². The second kappa shape index (κ2) is 13.2. The normalized spacial score (nSPS) is 15.8. The smallest absolute Gasteiger partial charge is 0.251 e. The lowest BCUT2D eigenvalue weighted by molar-refractivity contribution is -0.128. The van der Waals surface area contributed by atoms with Crippen molar-refractivity contribution in [2.75, 3.05) is 22.9 Å². The highest BCUT2D eigenvalue weighted by Crippen LogP contribution is 2.33. The molecule has 0 radical (unpaired) electrons. The van der Waals surface area contributed by atoms with Crippen LogP contribution in [0.2, 0.25) is 10.0 Å². The number of halogens is 2. The molecule has 2 atom stereocenters. The summed E-state index contributed by atoms with van der Waals surface area (Å²) in [6, 6.07) is 9.03. The maximum absolute atomic E-state index is 13.7. The average Bonchev–Trinajstić information content (AvgIpc) is 2.99. The van der Waals surface area contributed by atoms with Crippen LogP contribution in [0.5, 0.6) is 0 Å². The molecule has 1 aliphatic rings. The summed E-state index contributed by atoms with van der Waals surface area (Å²) in [6.07, 6.45) is 2.94. The first-order valence-electron chi connectivity index (χ1n) is 11.9. The molecule has 3 rings (SSSR count). The highest BCUT2D eigenvalue weighted by atomic mass is 35.5. The van der Waals surface area contributed by atoms with Crippen LogP contribution in [0.3, 0.4) is 0 Å². The van der Waals surface area contributed by atoms with Crippen molar-refractivity contribution in [2.24, 2.45) is 0 Å². The van der Waals surface area contributed by atoms with Crippen molar-refractivity contribution >= 4 is 76.4 Å². The van der Waals surface area contributed by atoms with Crippen LogP contribution in [0.4, 0.5) is 11.4 Å². The first-order chi connectivity index (χ1) is 18.5. The number of anilines is 2. The summed E-state index contributed by atoms with van der Waals surface area (Å²) in [5.74, 6) is -2.64. The van der Waals surface area contributed by atoms with Crippen molar-refractivity contribution in [1.29, 1.82) is 0 Å². The van der Waals surface area contributed by atoms with Crippen molar-refractivity contribution in [1.82, 2.24) is 10.6 Å². The molecule has 0 unspecified atom stereocenters. The largest absolute Gasteiger partial charge is 0.345 e. The van der Waals surface area contributed by atoms with Crippen LogP contribution in [0.25, 0.3) is 6.08 Å².